The monoisotopic (exact) mass is 1370 g/mol. The molecule has 0 fully saturated rings. The maximum atomic E-state index is 13.1. The quantitative estimate of drug-likeness (QED) is 0.0222. The first-order chi connectivity index (χ1) is 44.6. The van der Waals surface area contributed by atoms with Gasteiger partial charge in [0.2, 0.25) is 0 Å². The summed E-state index contributed by atoms with van der Waals surface area (Å²) in [5.41, 5.74) is 0. The van der Waals surface area contributed by atoms with E-state index in [2.05, 4.69) is 55.4 Å². The highest BCUT2D eigenvalue weighted by Gasteiger charge is 2.30. The zero-order chi connectivity index (χ0) is 68.9. The van der Waals surface area contributed by atoms with Crippen molar-refractivity contribution in [3.8, 4) is 0 Å². The van der Waals surface area contributed by atoms with E-state index >= 15 is 0 Å². The predicted octanol–water partition coefficient (Wildman–Crippen LogP) is 21.3. The van der Waals surface area contributed by atoms with Crippen molar-refractivity contribution in [3.63, 3.8) is 0 Å². The third-order valence-electron chi connectivity index (χ3n) is 17.4. The summed E-state index contributed by atoms with van der Waals surface area (Å²) in [6.07, 6.45) is 47.4. The van der Waals surface area contributed by atoms with Gasteiger partial charge in [-0.3, -0.25) is 37.3 Å². The minimum Gasteiger partial charge on any atom is -0.462 e. The first-order valence-electron chi connectivity index (χ1n) is 38.2. The summed E-state index contributed by atoms with van der Waals surface area (Å²) in [4.78, 5) is 72.7. The fraction of sp³-hybridized carbons (Fsp3) is 0.946. The summed E-state index contributed by atoms with van der Waals surface area (Å²) in [6, 6.07) is 0. The Morgan fingerprint density at radius 3 is 0.763 bits per heavy atom. The molecule has 0 saturated heterocycles. The van der Waals surface area contributed by atoms with Crippen molar-refractivity contribution < 1.29 is 80.2 Å². The van der Waals surface area contributed by atoms with Crippen LogP contribution in [-0.4, -0.2) is 96.7 Å². The normalized spacial score (nSPS) is 14.5. The number of carbonyl (C=O) groups excluding carboxylic acids is 4. The molecule has 17 nitrogen and oxygen atoms in total. The Balaban J connectivity index is 5.22. The number of hydrogen-bond acceptors (Lipinski definition) is 15. The lowest BCUT2D eigenvalue weighted by molar-refractivity contribution is -0.161. The van der Waals surface area contributed by atoms with Crippen LogP contribution in [0.5, 0.6) is 0 Å². The number of ether oxygens (including phenoxy) is 4. The van der Waals surface area contributed by atoms with E-state index < -0.39 is 97.5 Å². The summed E-state index contributed by atoms with van der Waals surface area (Å²) < 4.78 is 68.4. The molecule has 0 saturated carbocycles. The Bertz CT molecular complexity index is 1840. The van der Waals surface area contributed by atoms with E-state index in [0.29, 0.717) is 31.6 Å². The largest absolute Gasteiger partial charge is 0.472 e. The standard InChI is InChI=1S/C74H144O17P2/c1-9-67(8)53-45-37-28-21-17-12-10-11-13-18-22-29-38-46-54-71(76)84-60-69(90-73(78)56-48-40-31-23-19-15-14-16-20-26-34-42-50-64(2)3)62-88-92(80,81)86-58-68(75)59-87-93(82,83)89-63-70(91-74(79)57-49-41-33-32-36-44-52-66(6)7)61-85-72(77)55-47-39-30-25-24-27-35-43-51-65(4)5/h64-70,75H,9-63H2,1-8H3,(H,80,81)(H,82,83)/t67?,68?,69-,70-/m1/s1. The van der Waals surface area contributed by atoms with Crippen LogP contribution in [0.3, 0.4) is 0 Å². The van der Waals surface area contributed by atoms with Crippen LogP contribution in [-0.2, 0) is 65.4 Å². The van der Waals surface area contributed by atoms with Gasteiger partial charge in [-0.05, 0) is 49.4 Å². The van der Waals surface area contributed by atoms with Crippen molar-refractivity contribution in [2.75, 3.05) is 39.6 Å². The van der Waals surface area contributed by atoms with Gasteiger partial charge in [-0.15, -0.1) is 0 Å². The van der Waals surface area contributed by atoms with Crippen molar-refractivity contribution in [3.05, 3.63) is 0 Å². The molecule has 93 heavy (non-hydrogen) atoms. The summed E-state index contributed by atoms with van der Waals surface area (Å²) in [7, 11) is -9.91. The zero-order valence-electron chi connectivity index (χ0n) is 60.9. The molecule has 0 aliphatic rings. The molecule has 0 aromatic heterocycles. The highest BCUT2D eigenvalue weighted by atomic mass is 31.2. The maximum absolute atomic E-state index is 13.1. The average molecular weight is 1370 g/mol. The number of hydrogen-bond donors (Lipinski definition) is 3. The summed E-state index contributed by atoms with van der Waals surface area (Å²) >= 11 is 0. The molecule has 3 N–H and O–H groups in total. The van der Waals surface area contributed by atoms with Crippen LogP contribution in [0.1, 0.15) is 370 Å². The lowest BCUT2D eigenvalue weighted by Crippen LogP contribution is -2.30. The van der Waals surface area contributed by atoms with Crippen LogP contribution in [0.25, 0.3) is 0 Å². The Labute approximate surface area is 568 Å². The van der Waals surface area contributed by atoms with Gasteiger partial charge in [-0.1, -0.05) is 319 Å². The summed E-state index contributed by atoms with van der Waals surface area (Å²) in [5.74, 6) is 0.894. The van der Waals surface area contributed by atoms with E-state index in [1.54, 1.807) is 0 Å². The van der Waals surface area contributed by atoms with Gasteiger partial charge in [0, 0.05) is 25.7 Å². The minimum atomic E-state index is -4.96. The fourth-order valence-corrected chi connectivity index (χ4v) is 12.7. The molecule has 552 valence electrons. The smallest absolute Gasteiger partial charge is 0.462 e. The van der Waals surface area contributed by atoms with Gasteiger partial charge < -0.3 is 33.8 Å². The van der Waals surface area contributed by atoms with Crippen LogP contribution in [0.15, 0.2) is 0 Å². The molecule has 0 aliphatic heterocycles. The molecule has 0 spiro atoms. The van der Waals surface area contributed by atoms with Crippen LogP contribution in [0, 0.1) is 23.7 Å². The molecule has 0 aromatic rings. The van der Waals surface area contributed by atoms with E-state index in [0.717, 1.165) is 108 Å². The van der Waals surface area contributed by atoms with Crippen LogP contribution in [0.4, 0.5) is 0 Å². The van der Waals surface area contributed by atoms with Crippen LogP contribution in [0.2, 0.25) is 0 Å². The lowest BCUT2D eigenvalue weighted by atomic mass is 9.99. The van der Waals surface area contributed by atoms with Gasteiger partial charge in [0.15, 0.2) is 12.2 Å². The first-order valence-corrected chi connectivity index (χ1v) is 41.2. The molecule has 0 aromatic carbocycles. The second-order valence-electron chi connectivity index (χ2n) is 28.4. The Morgan fingerprint density at radius 1 is 0.301 bits per heavy atom. The van der Waals surface area contributed by atoms with Gasteiger partial charge in [-0.25, -0.2) is 9.13 Å². The number of phosphoric ester groups is 2. The number of unbranched alkanes of at least 4 members (excludes halogenated alkanes) is 36. The molecule has 4 unspecified atom stereocenters. The van der Waals surface area contributed by atoms with Crippen LogP contribution < -0.4 is 0 Å². The van der Waals surface area contributed by atoms with Crippen molar-refractivity contribution in [2.24, 2.45) is 23.7 Å². The molecule has 0 radical (unpaired) electrons. The van der Waals surface area contributed by atoms with Crippen molar-refractivity contribution in [1.29, 1.82) is 0 Å². The van der Waals surface area contributed by atoms with Gasteiger partial charge in [0.25, 0.3) is 0 Å². The number of rotatable bonds is 71. The maximum Gasteiger partial charge on any atom is 0.472 e. The average Bonchev–Trinajstić information content (AvgIpc) is 3.35. The number of phosphoric acid groups is 2. The molecule has 0 heterocycles. The van der Waals surface area contributed by atoms with E-state index in [1.807, 2.05) is 0 Å². The fourth-order valence-electron chi connectivity index (χ4n) is 11.2. The Morgan fingerprint density at radius 2 is 0.516 bits per heavy atom. The van der Waals surface area contributed by atoms with Crippen molar-refractivity contribution >= 4 is 39.5 Å². The predicted molar refractivity (Wildman–Crippen MR) is 377 cm³/mol. The number of aliphatic hydroxyl groups excluding tert-OH is 1. The van der Waals surface area contributed by atoms with E-state index in [9.17, 15) is 43.2 Å². The Kier molecular flexibility index (Phi) is 62.2. The molecule has 6 atom stereocenters. The SMILES string of the molecule is CCC(C)CCCCCCCCCCCCCCCCC(=O)OC[C@H](COP(=O)(O)OCC(O)COP(=O)(O)OC[C@@H](COC(=O)CCCCCCCCCCC(C)C)OC(=O)CCCCCCCCC(C)C)OC(=O)CCCCCCCCCCCCCCC(C)C. The molecule has 0 bridgehead atoms. The highest BCUT2D eigenvalue weighted by molar-refractivity contribution is 7.47. The molecule has 0 rings (SSSR count). The molecule has 19 heteroatoms. The van der Waals surface area contributed by atoms with E-state index in [1.165, 1.54) is 173 Å². The Hall–Kier alpha value is -1.94. The van der Waals surface area contributed by atoms with E-state index in [-0.39, 0.29) is 25.7 Å². The van der Waals surface area contributed by atoms with Crippen molar-refractivity contribution in [1.82, 2.24) is 0 Å². The number of esters is 4. The second kappa shape index (κ2) is 63.5. The van der Waals surface area contributed by atoms with Gasteiger partial charge in [0.05, 0.1) is 26.4 Å². The molecule has 0 amide bonds. The summed E-state index contributed by atoms with van der Waals surface area (Å²) in [6.45, 7) is 14.1. The first kappa shape index (κ1) is 91.1. The topological polar surface area (TPSA) is 237 Å². The minimum absolute atomic E-state index is 0.101. The molecular weight excluding hydrogens is 1220 g/mol. The van der Waals surface area contributed by atoms with Crippen molar-refractivity contribution in [2.45, 2.75) is 388 Å². The highest BCUT2D eigenvalue weighted by Crippen LogP contribution is 2.45. The van der Waals surface area contributed by atoms with Gasteiger partial charge >= 0.3 is 39.5 Å². The summed E-state index contributed by atoms with van der Waals surface area (Å²) in [5, 5.41) is 10.6. The number of aliphatic hydroxyl groups is 1. The molecular formula is C74H144O17P2. The van der Waals surface area contributed by atoms with Gasteiger partial charge in [-0.2, -0.15) is 0 Å². The number of carbonyl (C=O) groups is 4. The second-order valence-corrected chi connectivity index (χ2v) is 31.3. The third-order valence-corrected chi connectivity index (χ3v) is 19.3. The molecule has 0 aliphatic carbocycles. The zero-order valence-corrected chi connectivity index (χ0v) is 62.7. The third kappa shape index (κ3) is 67.0. The van der Waals surface area contributed by atoms with Gasteiger partial charge in [0.1, 0.15) is 19.3 Å². The lowest BCUT2D eigenvalue weighted by Gasteiger charge is -2.21. The van der Waals surface area contributed by atoms with Crippen LogP contribution >= 0.6 is 15.6 Å². The van der Waals surface area contributed by atoms with E-state index in [4.69, 9.17) is 37.0 Å².